The Labute approximate surface area is 160 Å². The van der Waals surface area contributed by atoms with E-state index in [4.69, 9.17) is 0 Å². The van der Waals surface area contributed by atoms with Crippen molar-refractivity contribution in [1.82, 2.24) is 24.9 Å². The van der Waals surface area contributed by atoms with Crippen molar-refractivity contribution in [3.8, 4) is 0 Å². The monoisotopic (exact) mass is 389 g/mol. The van der Waals surface area contributed by atoms with E-state index in [1.165, 1.54) is 25.7 Å². The summed E-state index contributed by atoms with van der Waals surface area (Å²) in [5.41, 5.74) is 1.52. The first-order valence-electron chi connectivity index (χ1n) is 10.0. The minimum atomic E-state index is -3.54. The van der Waals surface area contributed by atoms with Gasteiger partial charge in [-0.15, -0.1) is 0 Å². The van der Waals surface area contributed by atoms with Gasteiger partial charge in [0.25, 0.3) is 0 Å². The Balaban J connectivity index is 1.35. The summed E-state index contributed by atoms with van der Waals surface area (Å²) < 4.78 is 28.7. The molecule has 3 fully saturated rings. The summed E-state index contributed by atoms with van der Waals surface area (Å²) >= 11 is 0. The Morgan fingerprint density at radius 2 is 2.11 bits per heavy atom. The van der Waals surface area contributed by atoms with Crippen LogP contribution in [0.3, 0.4) is 0 Å². The quantitative estimate of drug-likeness (QED) is 0.733. The summed E-state index contributed by atoms with van der Waals surface area (Å²) in [6.45, 7) is 3.69. The van der Waals surface area contributed by atoms with E-state index in [2.05, 4.69) is 24.9 Å². The van der Waals surface area contributed by atoms with Gasteiger partial charge in [0.1, 0.15) is 0 Å². The predicted octanol–water partition coefficient (Wildman–Crippen LogP) is 1.30. The molecule has 3 aliphatic heterocycles. The highest BCUT2D eigenvalue weighted by molar-refractivity contribution is 7.89. The number of imidazole rings is 1. The number of rotatable bonds is 4. The number of piperidine rings is 3. The lowest BCUT2D eigenvalue weighted by molar-refractivity contribution is -0.0360. The second-order valence-electron chi connectivity index (χ2n) is 8.22. The molecule has 0 unspecified atom stereocenters. The van der Waals surface area contributed by atoms with E-state index in [1.807, 2.05) is 0 Å². The van der Waals surface area contributed by atoms with Gasteiger partial charge >= 0.3 is 0 Å². The molecular weight excluding hydrogens is 362 g/mol. The minimum absolute atomic E-state index is 0.282. The average molecular weight is 390 g/mol. The van der Waals surface area contributed by atoms with Crippen molar-refractivity contribution in [3.05, 3.63) is 24.5 Å². The smallest absolute Gasteiger partial charge is 0.240 e. The van der Waals surface area contributed by atoms with E-state index in [1.54, 1.807) is 24.5 Å². The largest absolute Gasteiger partial charge is 0.345 e. The van der Waals surface area contributed by atoms with Gasteiger partial charge in [-0.05, 0) is 68.9 Å². The molecule has 3 N–H and O–H groups in total. The van der Waals surface area contributed by atoms with Gasteiger partial charge in [-0.25, -0.2) is 18.1 Å². The summed E-state index contributed by atoms with van der Waals surface area (Å²) in [7, 11) is -3.54. The van der Waals surface area contributed by atoms with Crippen LogP contribution >= 0.6 is 0 Å². The third kappa shape index (κ3) is 3.18. The molecule has 0 spiro atoms. The van der Waals surface area contributed by atoms with Gasteiger partial charge in [0, 0.05) is 18.6 Å². The van der Waals surface area contributed by atoms with Crippen molar-refractivity contribution in [2.75, 3.05) is 26.2 Å². The molecule has 8 heteroatoms. The van der Waals surface area contributed by atoms with Gasteiger partial charge in [-0.3, -0.25) is 4.90 Å². The predicted molar refractivity (Wildman–Crippen MR) is 104 cm³/mol. The Kier molecular flexibility index (Phi) is 4.46. The van der Waals surface area contributed by atoms with Crippen LogP contribution in [0, 0.1) is 11.8 Å². The average Bonchev–Trinajstić information content (AvgIpc) is 3.16. The molecule has 2 aromatic rings. The van der Waals surface area contributed by atoms with Crippen LogP contribution in [0.2, 0.25) is 0 Å². The number of benzene rings is 1. The van der Waals surface area contributed by atoms with Gasteiger partial charge in [0.05, 0.1) is 22.3 Å². The lowest BCUT2D eigenvalue weighted by atomic mass is 9.73. The number of aromatic amines is 1. The SMILES string of the molecule is O=S(=O)(NC[C@H]1[C@@H]2CNC[C@@H](C2)[C@@H]2CCCCN21)c1ccc2nc[nH]c2c1. The number of fused-ring (bicyclic) bond motifs is 5. The Bertz CT molecular complexity index is 927. The van der Waals surface area contributed by atoms with Crippen LogP contribution < -0.4 is 10.0 Å². The molecule has 1 aromatic heterocycles. The van der Waals surface area contributed by atoms with Gasteiger partial charge in [-0.2, -0.15) is 0 Å². The third-order valence-electron chi connectivity index (χ3n) is 6.71. The Hall–Kier alpha value is -1.48. The van der Waals surface area contributed by atoms with E-state index in [9.17, 15) is 8.42 Å². The Morgan fingerprint density at radius 3 is 3.04 bits per heavy atom. The van der Waals surface area contributed by atoms with E-state index in [0.29, 0.717) is 23.4 Å². The molecule has 5 rings (SSSR count). The van der Waals surface area contributed by atoms with Crippen LogP contribution in [-0.4, -0.2) is 61.5 Å². The van der Waals surface area contributed by atoms with E-state index in [0.717, 1.165) is 36.6 Å². The zero-order chi connectivity index (χ0) is 18.4. The van der Waals surface area contributed by atoms with E-state index >= 15 is 0 Å². The number of nitrogens with zero attached hydrogens (tertiary/aromatic N) is 2. The lowest BCUT2D eigenvalue weighted by Gasteiger charge is -2.55. The van der Waals surface area contributed by atoms with Gasteiger partial charge < -0.3 is 10.3 Å². The molecule has 2 bridgehead atoms. The van der Waals surface area contributed by atoms with E-state index < -0.39 is 10.0 Å². The molecule has 4 heterocycles. The first-order chi connectivity index (χ1) is 13.1. The summed E-state index contributed by atoms with van der Waals surface area (Å²) in [4.78, 5) is 10.1. The van der Waals surface area contributed by atoms with Crippen molar-refractivity contribution in [3.63, 3.8) is 0 Å². The first-order valence-corrected chi connectivity index (χ1v) is 11.5. The number of sulfonamides is 1. The highest BCUT2D eigenvalue weighted by atomic mass is 32.2. The molecule has 7 nitrogen and oxygen atoms in total. The number of aromatic nitrogens is 2. The molecule has 0 radical (unpaired) electrons. The normalized spacial score (nSPS) is 31.7. The summed E-state index contributed by atoms with van der Waals surface area (Å²) in [5.74, 6) is 1.25. The van der Waals surface area contributed by atoms with Crippen LogP contribution in [-0.2, 0) is 10.0 Å². The zero-order valence-corrected chi connectivity index (χ0v) is 16.2. The van der Waals surface area contributed by atoms with Crippen LogP contribution in [0.4, 0.5) is 0 Å². The second-order valence-corrected chi connectivity index (χ2v) is 9.98. The number of nitrogens with one attached hydrogen (secondary N) is 3. The van der Waals surface area contributed by atoms with E-state index in [-0.39, 0.29) is 6.04 Å². The number of hydrogen-bond donors (Lipinski definition) is 3. The van der Waals surface area contributed by atoms with Crippen molar-refractivity contribution < 1.29 is 8.42 Å². The first kappa shape index (κ1) is 17.6. The molecule has 146 valence electrons. The zero-order valence-electron chi connectivity index (χ0n) is 15.4. The lowest BCUT2D eigenvalue weighted by Crippen LogP contribution is -2.65. The fourth-order valence-corrected chi connectivity index (χ4v) is 6.49. The molecule has 0 saturated carbocycles. The van der Waals surface area contributed by atoms with Gasteiger partial charge in [0.15, 0.2) is 0 Å². The summed E-state index contributed by atoms with van der Waals surface area (Å²) in [6, 6.07) is 5.93. The van der Waals surface area contributed by atoms with Crippen LogP contribution in [0.5, 0.6) is 0 Å². The molecule has 1 aromatic carbocycles. The van der Waals surface area contributed by atoms with Gasteiger partial charge in [0.2, 0.25) is 10.0 Å². The summed E-state index contributed by atoms with van der Waals surface area (Å²) in [5, 5.41) is 3.58. The highest BCUT2D eigenvalue weighted by Crippen LogP contribution is 2.38. The maximum absolute atomic E-state index is 12.9. The standard InChI is InChI=1S/C19H27N5O2S/c25-27(26,15-4-5-16-17(8-15)22-12-21-16)23-11-19-14-7-13(9-20-10-14)18-3-1-2-6-24(18)19/h4-5,8,12-14,18-20,23H,1-3,6-7,9-11H2,(H,21,22)/t13-,14+,18+,19+/m1/s1. The maximum Gasteiger partial charge on any atom is 0.240 e. The number of H-pyrrole nitrogens is 1. The summed E-state index contributed by atoms with van der Waals surface area (Å²) in [6.07, 6.45) is 6.58. The molecular formula is C19H27N5O2S. The number of hydrogen-bond acceptors (Lipinski definition) is 5. The fourth-order valence-electron chi connectivity index (χ4n) is 5.41. The molecule has 3 saturated heterocycles. The van der Waals surface area contributed by atoms with Gasteiger partial charge in [-0.1, -0.05) is 6.42 Å². The van der Waals surface area contributed by atoms with Crippen LogP contribution in [0.25, 0.3) is 11.0 Å². The molecule has 4 atom stereocenters. The van der Waals surface area contributed by atoms with Crippen LogP contribution in [0.15, 0.2) is 29.4 Å². The second kappa shape index (κ2) is 6.84. The highest BCUT2D eigenvalue weighted by Gasteiger charge is 2.45. The maximum atomic E-state index is 12.9. The minimum Gasteiger partial charge on any atom is -0.345 e. The van der Waals surface area contributed by atoms with Crippen molar-refractivity contribution in [2.45, 2.75) is 42.7 Å². The van der Waals surface area contributed by atoms with Crippen LogP contribution in [0.1, 0.15) is 25.7 Å². The molecule has 3 aliphatic rings. The Morgan fingerprint density at radius 1 is 1.22 bits per heavy atom. The topological polar surface area (TPSA) is 90.1 Å². The van der Waals surface area contributed by atoms with Crippen molar-refractivity contribution in [2.24, 2.45) is 11.8 Å². The molecule has 27 heavy (non-hydrogen) atoms. The molecule has 0 aliphatic carbocycles. The third-order valence-corrected chi connectivity index (χ3v) is 8.13. The fraction of sp³-hybridized carbons (Fsp3) is 0.632. The van der Waals surface area contributed by atoms with Crippen molar-refractivity contribution >= 4 is 21.1 Å². The van der Waals surface area contributed by atoms with Crippen molar-refractivity contribution in [1.29, 1.82) is 0 Å². The molecule has 0 amide bonds.